The summed E-state index contributed by atoms with van der Waals surface area (Å²) in [6.07, 6.45) is 3.42. The first-order valence-corrected chi connectivity index (χ1v) is 15.8. The van der Waals surface area contributed by atoms with Crippen LogP contribution in [0.1, 0.15) is 70.7 Å². The summed E-state index contributed by atoms with van der Waals surface area (Å²) in [7, 11) is 0. The van der Waals surface area contributed by atoms with E-state index in [1.807, 2.05) is 6.92 Å². The number of hydrogen-bond acceptors (Lipinski definition) is 8. The highest BCUT2D eigenvalue weighted by Crippen LogP contribution is 2.72. The Bertz CT molecular complexity index is 1490. The summed E-state index contributed by atoms with van der Waals surface area (Å²) in [5.74, 6) is -4.56. The molecule has 45 heavy (non-hydrogen) atoms. The van der Waals surface area contributed by atoms with Crippen LogP contribution in [0.25, 0.3) is 0 Å². The van der Waals surface area contributed by atoms with Crippen molar-refractivity contribution >= 4 is 23.4 Å². The molecular formula is C35H42FNO8. The van der Waals surface area contributed by atoms with Crippen molar-refractivity contribution in [2.75, 3.05) is 13.2 Å². The predicted molar refractivity (Wildman–Crippen MR) is 160 cm³/mol. The summed E-state index contributed by atoms with van der Waals surface area (Å²) in [6, 6.07) is 8.61. The van der Waals surface area contributed by atoms with Crippen LogP contribution in [0, 0.1) is 28.6 Å². The van der Waals surface area contributed by atoms with Gasteiger partial charge in [-0.15, -0.1) is 0 Å². The van der Waals surface area contributed by atoms with Gasteiger partial charge in [-0.1, -0.05) is 43.7 Å². The fourth-order valence-corrected chi connectivity index (χ4v) is 9.22. The molecule has 1 saturated heterocycles. The van der Waals surface area contributed by atoms with Crippen molar-refractivity contribution in [1.29, 1.82) is 0 Å². The largest absolute Gasteiger partial charge is 0.457 e. The minimum atomic E-state index is -2.07. The number of aliphatic hydroxyl groups excluding tert-OH is 1. The Morgan fingerprint density at radius 1 is 1.13 bits per heavy atom. The van der Waals surface area contributed by atoms with Crippen LogP contribution in [-0.4, -0.2) is 71.0 Å². The number of ether oxygens (including phenoxy) is 3. The maximum Gasteiger partial charge on any atom is 0.310 e. The number of esters is 1. The lowest BCUT2D eigenvalue weighted by Crippen LogP contribution is -2.70. The molecule has 0 aromatic heterocycles. The summed E-state index contributed by atoms with van der Waals surface area (Å²) in [6.45, 7) is 8.05. The van der Waals surface area contributed by atoms with Crippen molar-refractivity contribution in [3.63, 3.8) is 0 Å². The van der Waals surface area contributed by atoms with Gasteiger partial charge in [0, 0.05) is 28.9 Å². The van der Waals surface area contributed by atoms with Crippen LogP contribution in [0.15, 0.2) is 54.1 Å². The monoisotopic (exact) mass is 623 g/mol. The van der Waals surface area contributed by atoms with Gasteiger partial charge in [0.2, 0.25) is 5.78 Å². The zero-order valence-electron chi connectivity index (χ0n) is 26.4. The van der Waals surface area contributed by atoms with Crippen molar-refractivity contribution in [3.8, 4) is 0 Å². The van der Waals surface area contributed by atoms with Crippen LogP contribution < -0.4 is 5.32 Å². The molecule has 2 N–H and O–H groups in total. The van der Waals surface area contributed by atoms with E-state index < -0.39 is 70.3 Å². The van der Waals surface area contributed by atoms with Crippen molar-refractivity contribution in [2.24, 2.45) is 28.6 Å². The molecule has 0 bridgehead atoms. The van der Waals surface area contributed by atoms with Crippen LogP contribution in [-0.2, 0) is 28.6 Å². The molecule has 1 amide bonds. The van der Waals surface area contributed by atoms with Crippen molar-refractivity contribution < 1.29 is 42.9 Å². The number of nitrogens with one attached hydrogen (secondary N) is 1. The molecule has 9 nitrogen and oxygen atoms in total. The Morgan fingerprint density at radius 3 is 2.56 bits per heavy atom. The van der Waals surface area contributed by atoms with Crippen LogP contribution in [0.2, 0.25) is 0 Å². The molecule has 1 aliphatic heterocycles. The van der Waals surface area contributed by atoms with E-state index in [9.17, 15) is 24.3 Å². The van der Waals surface area contributed by atoms with Gasteiger partial charge >= 0.3 is 5.97 Å². The van der Waals surface area contributed by atoms with Gasteiger partial charge in [-0.2, -0.15) is 0 Å². The van der Waals surface area contributed by atoms with Crippen molar-refractivity contribution in [3.05, 3.63) is 59.7 Å². The number of alkyl halides is 1. The Balaban J connectivity index is 1.22. The van der Waals surface area contributed by atoms with E-state index >= 15 is 4.39 Å². The van der Waals surface area contributed by atoms with E-state index in [2.05, 4.69) is 5.32 Å². The molecule has 10 heteroatoms. The van der Waals surface area contributed by atoms with Gasteiger partial charge in [0.15, 0.2) is 29.4 Å². The first-order chi connectivity index (χ1) is 21.1. The van der Waals surface area contributed by atoms with E-state index in [1.54, 1.807) is 64.1 Å². The smallest absolute Gasteiger partial charge is 0.310 e. The van der Waals surface area contributed by atoms with Gasteiger partial charge < -0.3 is 24.6 Å². The fourth-order valence-electron chi connectivity index (χ4n) is 9.22. The maximum absolute atomic E-state index is 17.6. The Hall–Kier alpha value is -3.21. The third kappa shape index (κ3) is 4.58. The highest BCUT2D eigenvalue weighted by molar-refractivity contribution is 6.01. The van der Waals surface area contributed by atoms with E-state index in [0.29, 0.717) is 30.4 Å². The number of benzene rings is 1. The number of halogens is 1. The third-order valence-corrected chi connectivity index (χ3v) is 11.4. The summed E-state index contributed by atoms with van der Waals surface area (Å²) in [5, 5.41) is 14.4. The molecule has 6 rings (SSSR count). The number of Topliss-reactive ketones (excluding diaryl/α,β-unsaturated/α-hetero) is 1. The number of rotatable bonds is 7. The number of hydrogen-bond donors (Lipinski definition) is 2. The molecule has 4 fully saturated rings. The highest BCUT2D eigenvalue weighted by Gasteiger charge is 2.80. The Morgan fingerprint density at radius 2 is 1.84 bits per heavy atom. The molecule has 0 spiro atoms. The number of ketones is 2. The minimum absolute atomic E-state index is 0.0165. The lowest BCUT2D eigenvalue weighted by atomic mass is 9.44. The van der Waals surface area contributed by atoms with E-state index in [1.165, 1.54) is 12.2 Å². The number of carbonyl (C=O) groups is 4. The second-order valence-electron chi connectivity index (χ2n) is 14.4. The number of allylic oxidation sites excluding steroid dienone is 4. The molecule has 5 unspecified atom stereocenters. The van der Waals surface area contributed by atoms with Crippen molar-refractivity contribution in [1.82, 2.24) is 5.32 Å². The molecule has 9 atom stereocenters. The van der Waals surface area contributed by atoms with Crippen LogP contribution in [0.3, 0.4) is 0 Å². The molecule has 5 aliphatic rings. The van der Waals surface area contributed by atoms with Crippen molar-refractivity contribution in [2.45, 2.75) is 89.6 Å². The number of carbonyl (C=O) groups excluding carboxylic acids is 4. The topological polar surface area (TPSA) is 128 Å². The average Bonchev–Trinajstić information content (AvgIpc) is 3.41. The van der Waals surface area contributed by atoms with Gasteiger partial charge in [-0.3, -0.25) is 19.2 Å². The van der Waals surface area contributed by atoms with Crippen LogP contribution >= 0.6 is 0 Å². The first kappa shape index (κ1) is 31.8. The summed E-state index contributed by atoms with van der Waals surface area (Å²) < 4.78 is 35.9. The number of fused-ring (bicyclic) bond motifs is 7. The Kier molecular flexibility index (Phi) is 7.53. The third-order valence-electron chi connectivity index (χ3n) is 11.4. The van der Waals surface area contributed by atoms with Gasteiger partial charge in [0.05, 0.1) is 18.1 Å². The van der Waals surface area contributed by atoms with Crippen LogP contribution in [0.5, 0.6) is 0 Å². The summed E-state index contributed by atoms with van der Waals surface area (Å²) in [5.41, 5.74) is -4.71. The van der Waals surface area contributed by atoms with Gasteiger partial charge in [0.1, 0.15) is 0 Å². The maximum atomic E-state index is 17.6. The zero-order valence-corrected chi connectivity index (χ0v) is 26.4. The number of amides is 1. The Labute approximate surface area is 262 Å². The lowest BCUT2D eigenvalue weighted by molar-refractivity contribution is -0.246. The highest BCUT2D eigenvalue weighted by atomic mass is 19.1. The average molecular weight is 624 g/mol. The molecule has 4 aliphatic carbocycles. The van der Waals surface area contributed by atoms with E-state index in [-0.39, 0.29) is 30.6 Å². The molecule has 3 saturated carbocycles. The SMILES string of the molecule is CC(CNC(=O)c1ccccc1)C(=O)OCC(=O)[C@@]12OC(C)(C)OC1CC1C3CCC4=CC(=O)C=C[C@]4(C)[C@@]3(F)C(O)C[C@@]12C. The normalized spacial score (nSPS) is 39.9. The molecule has 1 heterocycles. The minimum Gasteiger partial charge on any atom is -0.457 e. The molecule has 0 radical (unpaired) electrons. The zero-order chi connectivity index (χ0) is 32.6. The molecular weight excluding hydrogens is 581 g/mol. The van der Waals surface area contributed by atoms with E-state index in [0.717, 1.165) is 0 Å². The molecule has 242 valence electrons. The van der Waals surface area contributed by atoms with Gasteiger partial charge in [0.25, 0.3) is 5.91 Å². The second kappa shape index (κ2) is 10.7. The molecule has 1 aromatic carbocycles. The lowest BCUT2D eigenvalue weighted by Gasteiger charge is -2.62. The number of aliphatic hydroxyl groups is 1. The second-order valence-corrected chi connectivity index (χ2v) is 14.4. The van der Waals surface area contributed by atoms with Gasteiger partial charge in [-0.05, 0) is 76.7 Å². The van der Waals surface area contributed by atoms with Gasteiger partial charge in [-0.25, -0.2) is 4.39 Å². The fraction of sp³-hybridized carbons (Fsp3) is 0.600. The summed E-state index contributed by atoms with van der Waals surface area (Å²) in [4.78, 5) is 51.8. The first-order valence-electron chi connectivity index (χ1n) is 15.8. The molecule has 1 aromatic rings. The van der Waals surface area contributed by atoms with E-state index in [4.69, 9.17) is 14.2 Å². The summed E-state index contributed by atoms with van der Waals surface area (Å²) >= 11 is 0. The predicted octanol–water partition coefficient (Wildman–Crippen LogP) is 4.04. The quantitative estimate of drug-likeness (QED) is 0.436. The van der Waals surface area contributed by atoms with Crippen LogP contribution in [0.4, 0.5) is 4.39 Å². The standard InChI is InChI=1S/C35H42FNO8/c1-20(18-37-29(41)21-9-7-6-8-10-21)30(42)43-19-27(40)35-28(44-31(2,3)45-35)16-25-24-12-11-22-15-23(38)13-14-32(22,4)34(24,36)26(39)17-33(25,35)5/h6-10,13-15,20,24-26,28,39H,11-12,16-19H2,1-5H3,(H,37,41)/t20?,24?,25?,26?,28?,32-,33-,34-,35+/m0/s1.